The van der Waals surface area contributed by atoms with E-state index in [1.807, 2.05) is 29.2 Å². The molecule has 0 spiro atoms. The van der Waals surface area contributed by atoms with E-state index in [2.05, 4.69) is 30.4 Å². The monoisotopic (exact) mass is 335 g/mol. The van der Waals surface area contributed by atoms with Crippen LogP contribution in [0.4, 0.5) is 0 Å². The number of nitrogens with one attached hydrogen (secondary N) is 1. The average molecular weight is 335 g/mol. The van der Waals surface area contributed by atoms with Crippen LogP contribution >= 0.6 is 0 Å². The van der Waals surface area contributed by atoms with Crippen LogP contribution in [0.15, 0.2) is 54.6 Å². The van der Waals surface area contributed by atoms with Crippen molar-refractivity contribution in [2.45, 2.75) is 19.3 Å². The SMILES string of the molecule is O=C(c1cccc2ccccc12)N1CC[NH+](CC2CC=CCC2)CC1. The molecule has 1 amide bonds. The lowest BCUT2D eigenvalue weighted by Crippen LogP contribution is -3.15. The van der Waals surface area contributed by atoms with E-state index < -0.39 is 0 Å². The highest BCUT2D eigenvalue weighted by atomic mass is 16.2. The Labute approximate surface area is 149 Å². The fourth-order valence-corrected chi connectivity index (χ4v) is 4.26. The molecule has 1 fully saturated rings. The number of carbonyl (C=O) groups excluding carboxylic acids is 1. The van der Waals surface area contributed by atoms with Gasteiger partial charge in [0.2, 0.25) is 0 Å². The highest BCUT2D eigenvalue weighted by Gasteiger charge is 2.27. The largest absolute Gasteiger partial charge is 0.332 e. The van der Waals surface area contributed by atoms with E-state index >= 15 is 0 Å². The second-order valence-electron chi connectivity index (χ2n) is 7.42. The number of hydrogen-bond donors (Lipinski definition) is 1. The Morgan fingerprint density at radius 2 is 1.84 bits per heavy atom. The molecule has 3 heteroatoms. The molecule has 1 atom stereocenters. The van der Waals surface area contributed by atoms with Crippen LogP contribution in [0.2, 0.25) is 0 Å². The lowest BCUT2D eigenvalue weighted by molar-refractivity contribution is -0.907. The number of benzene rings is 2. The van der Waals surface area contributed by atoms with Crippen LogP contribution in [0.25, 0.3) is 10.8 Å². The molecule has 130 valence electrons. The number of carbonyl (C=O) groups is 1. The quantitative estimate of drug-likeness (QED) is 0.857. The number of nitrogens with zero attached hydrogens (tertiary/aromatic N) is 1. The minimum absolute atomic E-state index is 0.191. The molecule has 0 radical (unpaired) electrons. The van der Waals surface area contributed by atoms with Crippen LogP contribution < -0.4 is 4.90 Å². The molecule has 1 saturated heterocycles. The Kier molecular flexibility index (Phi) is 4.84. The third-order valence-corrected chi connectivity index (χ3v) is 5.73. The van der Waals surface area contributed by atoms with Crippen LogP contribution in [-0.2, 0) is 0 Å². The van der Waals surface area contributed by atoms with E-state index in [9.17, 15) is 4.79 Å². The fraction of sp³-hybridized carbons (Fsp3) is 0.409. The lowest BCUT2D eigenvalue weighted by Gasteiger charge is -2.34. The van der Waals surface area contributed by atoms with Crippen LogP contribution in [0.3, 0.4) is 0 Å². The van der Waals surface area contributed by atoms with Crippen LogP contribution in [0, 0.1) is 5.92 Å². The first-order chi connectivity index (χ1) is 12.3. The zero-order valence-corrected chi connectivity index (χ0v) is 14.8. The van der Waals surface area contributed by atoms with Gasteiger partial charge in [0, 0.05) is 11.5 Å². The molecule has 1 aliphatic carbocycles. The second kappa shape index (κ2) is 7.40. The maximum Gasteiger partial charge on any atom is 0.254 e. The maximum absolute atomic E-state index is 13.0. The molecule has 1 aliphatic heterocycles. The van der Waals surface area contributed by atoms with Gasteiger partial charge in [0.15, 0.2) is 0 Å². The predicted octanol–water partition coefficient (Wildman–Crippen LogP) is 2.54. The molecule has 0 aromatic heterocycles. The molecule has 25 heavy (non-hydrogen) atoms. The van der Waals surface area contributed by atoms with Crippen molar-refractivity contribution >= 4 is 16.7 Å². The van der Waals surface area contributed by atoms with Gasteiger partial charge in [0.05, 0.1) is 32.7 Å². The van der Waals surface area contributed by atoms with E-state index in [1.165, 1.54) is 25.8 Å². The van der Waals surface area contributed by atoms with Gasteiger partial charge in [-0.25, -0.2) is 0 Å². The van der Waals surface area contributed by atoms with Gasteiger partial charge in [-0.3, -0.25) is 4.79 Å². The molecule has 2 aromatic carbocycles. The summed E-state index contributed by atoms with van der Waals surface area (Å²) in [5, 5.41) is 2.21. The maximum atomic E-state index is 13.0. The molecular weight excluding hydrogens is 308 g/mol. The number of piperazine rings is 1. The Morgan fingerprint density at radius 1 is 1.04 bits per heavy atom. The Bertz CT molecular complexity index is 769. The van der Waals surface area contributed by atoms with Gasteiger partial charge in [0.1, 0.15) is 0 Å². The van der Waals surface area contributed by atoms with E-state index in [4.69, 9.17) is 0 Å². The summed E-state index contributed by atoms with van der Waals surface area (Å²) in [6.07, 6.45) is 8.46. The summed E-state index contributed by atoms with van der Waals surface area (Å²) in [7, 11) is 0. The van der Waals surface area contributed by atoms with Crippen molar-refractivity contribution in [2.75, 3.05) is 32.7 Å². The van der Waals surface area contributed by atoms with Gasteiger partial charge in [-0.2, -0.15) is 0 Å². The summed E-state index contributed by atoms with van der Waals surface area (Å²) in [6, 6.07) is 14.2. The summed E-state index contributed by atoms with van der Waals surface area (Å²) in [5.74, 6) is 1.02. The first kappa shape index (κ1) is 16.3. The number of fused-ring (bicyclic) bond motifs is 1. The Morgan fingerprint density at radius 3 is 2.64 bits per heavy atom. The van der Waals surface area contributed by atoms with Gasteiger partial charge in [-0.15, -0.1) is 0 Å². The first-order valence-corrected chi connectivity index (χ1v) is 9.57. The summed E-state index contributed by atoms with van der Waals surface area (Å²) in [4.78, 5) is 16.7. The Hall–Kier alpha value is -2.13. The van der Waals surface area contributed by atoms with Gasteiger partial charge < -0.3 is 9.80 Å². The minimum atomic E-state index is 0.191. The number of rotatable bonds is 3. The molecule has 0 saturated carbocycles. The highest BCUT2D eigenvalue weighted by Crippen LogP contribution is 2.20. The van der Waals surface area contributed by atoms with E-state index in [-0.39, 0.29) is 5.91 Å². The molecular formula is C22H27N2O+. The smallest absolute Gasteiger partial charge is 0.254 e. The van der Waals surface area contributed by atoms with Crippen molar-refractivity contribution in [1.29, 1.82) is 0 Å². The molecule has 4 rings (SSSR count). The molecule has 3 nitrogen and oxygen atoms in total. The van der Waals surface area contributed by atoms with Crippen molar-refractivity contribution in [3.8, 4) is 0 Å². The van der Waals surface area contributed by atoms with Crippen LogP contribution in [-0.4, -0.2) is 43.5 Å². The van der Waals surface area contributed by atoms with Gasteiger partial charge in [0.25, 0.3) is 5.91 Å². The van der Waals surface area contributed by atoms with Crippen LogP contribution in [0.1, 0.15) is 29.6 Å². The van der Waals surface area contributed by atoms with Crippen molar-refractivity contribution in [2.24, 2.45) is 5.92 Å². The summed E-state index contributed by atoms with van der Waals surface area (Å²) < 4.78 is 0. The van der Waals surface area contributed by atoms with E-state index in [0.29, 0.717) is 0 Å². The van der Waals surface area contributed by atoms with Gasteiger partial charge in [-0.05, 0) is 36.1 Å². The normalized spacial score (nSPS) is 21.6. The van der Waals surface area contributed by atoms with Gasteiger partial charge >= 0.3 is 0 Å². The summed E-state index contributed by atoms with van der Waals surface area (Å²) in [5.41, 5.74) is 0.846. The summed E-state index contributed by atoms with van der Waals surface area (Å²) in [6.45, 7) is 5.17. The molecule has 2 aliphatic rings. The third kappa shape index (κ3) is 3.62. The summed E-state index contributed by atoms with van der Waals surface area (Å²) >= 11 is 0. The molecule has 1 N–H and O–H groups in total. The fourth-order valence-electron chi connectivity index (χ4n) is 4.26. The molecule has 1 heterocycles. The Balaban J connectivity index is 1.40. The van der Waals surface area contributed by atoms with Crippen molar-refractivity contribution in [1.82, 2.24) is 4.90 Å². The first-order valence-electron chi connectivity index (χ1n) is 9.57. The number of hydrogen-bond acceptors (Lipinski definition) is 1. The molecule has 2 aromatic rings. The zero-order chi connectivity index (χ0) is 17.1. The molecule has 1 unspecified atom stereocenters. The standard InChI is InChI=1S/C22H26N2O/c25-22(21-12-6-10-19-9-4-5-11-20(19)21)24-15-13-23(14-16-24)17-18-7-2-1-3-8-18/h1-2,4-6,9-12,18H,3,7-8,13-17H2/p+1. The highest BCUT2D eigenvalue weighted by molar-refractivity contribution is 6.07. The molecule has 0 bridgehead atoms. The average Bonchev–Trinajstić information content (AvgIpc) is 2.68. The predicted molar refractivity (Wildman–Crippen MR) is 102 cm³/mol. The number of allylic oxidation sites excluding steroid dienone is 2. The van der Waals surface area contributed by atoms with Crippen molar-refractivity contribution < 1.29 is 9.69 Å². The number of quaternary nitrogens is 1. The van der Waals surface area contributed by atoms with Crippen molar-refractivity contribution in [3.05, 3.63) is 60.2 Å². The van der Waals surface area contributed by atoms with Crippen LogP contribution in [0.5, 0.6) is 0 Å². The van der Waals surface area contributed by atoms with Gasteiger partial charge in [-0.1, -0.05) is 48.6 Å². The van der Waals surface area contributed by atoms with Crippen molar-refractivity contribution in [3.63, 3.8) is 0 Å². The zero-order valence-electron chi connectivity index (χ0n) is 14.8. The number of amides is 1. The third-order valence-electron chi connectivity index (χ3n) is 5.73. The minimum Gasteiger partial charge on any atom is -0.332 e. The second-order valence-corrected chi connectivity index (χ2v) is 7.42. The van der Waals surface area contributed by atoms with E-state index in [1.54, 1.807) is 4.90 Å². The lowest BCUT2D eigenvalue weighted by atomic mass is 9.94. The topological polar surface area (TPSA) is 24.8 Å². The van der Waals surface area contributed by atoms with E-state index in [0.717, 1.165) is 48.4 Å².